The molecule has 5 heteroatoms. The van der Waals surface area contributed by atoms with E-state index in [4.69, 9.17) is 5.11 Å². The van der Waals surface area contributed by atoms with E-state index in [1.807, 2.05) is 0 Å². The summed E-state index contributed by atoms with van der Waals surface area (Å²) in [6.45, 7) is 0.733. The Kier molecular flexibility index (Phi) is 2.92. The lowest BCUT2D eigenvalue weighted by Gasteiger charge is -2.23. The van der Waals surface area contributed by atoms with Crippen LogP contribution in [0.15, 0.2) is 0 Å². The average molecular weight is 252 g/mol. The molecule has 2 heterocycles. The van der Waals surface area contributed by atoms with Crippen molar-refractivity contribution >= 4 is 12.0 Å². The Bertz CT molecular complexity index is 367. The number of carbonyl (C=O) groups excluding carboxylic acids is 1. The van der Waals surface area contributed by atoms with Gasteiger partial charge in [-0.3, -0.25) is 4.79 Å². The second-order valence-electron chi connectivity index (χ2n) is 5.85. The van der Waals surface area contributed by atoms with Crippen molar-refractivity contribution in [1.82, 2.24) is 10.2 Å². The van der Waals surface area contributed by atoms with E-state index in [0.717, 1.165) is 31.7 Å². The zero-order chi connectivity index (χ0) is 12.7. The Morgan fingerprint density at radius 1 is 1.22 bits per heavy atom. The van der Waals surface area contributed by atoms with Gasteiger partial charge in [-0.2, -0.15) is 0 Å². The molecule has 3 unspecified atom stereocenters. The molecule has 5 nitrogen and oxygen atoms in total. The number of amides is 2. The van der Waals surface area contributed by atoms with Crippen LogP contribution >= 0.6 is 0 Å². The third-order valence-corrected chi connectivity index (χ3v) is 4.61. The minimum atomic E-state index is -0.752. The predicted octanol–water partition coefficient (Wildman–Crippen LogP) is 1.43. The van der Waals surface area contributed by atoms with E-state index >= 15 is 0 Å². The molecule has 2 bridgehead atoms. The molecule has 3 atom stereocenters. The van der Waals surface area contributed by atoms with Crippen molar-refractivity contribution in [2.45, 2.75) is 50.6 Å². The lowest BCUT2D eigenvalue weighted by molar-refractivity contribution is -0.142. The molecule has 2 aliphatic heterocycles. The Morgan fingerprint density at radius 2 is 2.00 bits per heavy atom. The second kappa shape index (κ2) is 4.44. The molecule has 0 aromatic heterocycles. The normalized spacial score (nSPS) is 33.8. The first kappa shape index (κ1) is 11.8. The number of rotatable bonds is 4. The first-order valence-corrected chi connectivity index (χ1v) is 6.96. The Balaban J connectivity index is 1.55. The lowest BCUT2D eigenvalue weighted by Crippen LogP contribution is -2.44. The van der Waals surface area contributed by atoms with E-state index < -0.39 is 5.97 Å². The molecule has 1 aliphatic carbocycles. The third kappa shape index (κ3) is 2.06. The molecular weight excluding hydrogens is 232 g/mol. The molecule has 0 spiro atoms. The number of nitrogens with zero attached hydrogens (tertiary/aromatic N) is 1. The van der Waals surface area contributed by atoms with Gasteiger partial charge in [-0.05, 0) is 31.6 Å². The van der Waals surface area contributed by atoms with E-state index in [1.165, 1.54) is 12.8 Å². The minimum Gasteiger partial charge on any atom is -0.481 e. The highest BCUT2D eigenvalue weighted by atomic mass is 16.4. The fourth-order valence-corrected chi connectivity index (χ4v) is 3.45. The number of carboxylic acid groups (broad SMARTS) is 1. The highest BCUT2D eigenvalue weighted by Gasteiger charge is 2.51. The largest absolute Gasteiger partial charge is 0.481 e. The summed E-state index contributed by atoms with van der Waals surface area (Å²) in [6.07, 6.45) is 6.10. The molecule has 3 aliphatic rings. The standard InChI is InChI=1S/C13H20N2O3/c16-12(17)10-7-9-3-4-11(10)15(9)13(18)14-6-5-8-1-2-8/h8-11H,1-7H2,(H,14,18)(H,16,17). The fourth-order valence-electron chi connectivity index (χ4n) is 3.45. The van der Waals surface area contributed by atoms with Gasteiger partial charge in [0.2, 0.25) is 0 Å². The zero-order valence-corrected chi connectivity index (χ0v) is 10.5. The second-order valence-corrected chi connectivity index (χ2v) is 5.85. The predicted molar refractivity (Wildman–Crippen MR) is 65.1 cm³/mol. The molecule has 3 rings (SSSR count). The summed E-state index contributed by atoms with van der Waals surface area (Å²) in [7, 11) is 0. The van der Waals surface area contributed by atoms with Crippen molar-refractivity contribution in [2.75, 3.05) is 6.54 Å². The van der Waals surface area contributed by atoms with Crippen LogP contribution in [0.5, 0.6) is 0 Å². The van der Waals surface area contributed by atoms with Gasteiger partial charge in [0.25, 0.3) is 0 Å². The molecule has 2 N–H and O–H groups in total. The topological polar surface area (TPSA) is 69.6 Å². The van der Waals surface area contributed by atoms with Gasteiger partial charge in [0.15, 0.2) is 0 Å². The van der Waals surface area contributed by atoms with Crippen molar-refractivity contribution in [1.29, 1.82) is 0 Å². The summed E-state index contributed by atoms with van der Waals surface area (Å²) in [6, 6.07) is 0.0253. The third-order valence-electron chi connectivity index (χ3n) is 4.61. The first-order valence-electron chi connectivity index (χ1n) is 6.96. The summed E-state index contributed by atoms with van der Waals surface area (Å²) in [5.41, 5.74) is 0. The van der Waals surface area contributed by atoms with Gasteiger partial charge < -0.3 is 15.3 Å². The number of nitrogens with one attached hydrogen (secondary N) is 1. The monoisotopic (exact) mass is 252 g/mol. The van der Waals surface area contributed by atoms with Gasteiger partial charge in [-0.1, -0.05) is 12.8 Å². The van der Waals surface area contributed by atoms with Gasteiger partial charge in [0, 0.05) is 18.6 Å². The number of hydrogen-bond donors (Lipinski definition) is 2. The smallest absolute Gasteiger partial charge is 0.317 e. The molecule has 0 aromatic carbocycles. The van der Waals surface area contributed by atoms with Crippen LogP contribution in [0, 0.1) is 11.8 Å². The number of carboxylic acids is 1. The Morgan fingerprint density at radius 3 is 2.61 bits per heavy atom. The molecular formula is C13H20N2O3. The summed E-state index contributed by atoms with van der Waals surface area (Å²) in [4.78, 5) is 25.0. The molecule has 0 radical (unpaired) electrons. The number of hydrogen-bond acceptors (Lipinski definition) is 2. The van der Waals surface area contributed by atoms with Crippen LogP contribution in [0.1, 0.15) is 38.5 Å². The molecule has 0 aromatic rings. The van der Waals surface area contributed by atoms with Gasteiger partial charge in [-0.15, -0.1) is 0 Å². The van der Waals surface area contributed by atoms with Crippen LogP contribution < -0.4 is 5.32 Å². The molecule has 2 amide bonds. The van der Waals surface area contributed by atoms with Crippen LogP contribution in [0.2, 0.25) is 0 Å². The van der Waals surface area contributed by atoms with E-state index in [9.17, 15) is 9.59 Å². The van der Waals surface area contributed by atoms with E-state index in [-0.39, 0.29) is 24.0 Å². The highest BCUT2D eigenvalue weighted by molar-refractivity contribution is 5.79. The molecule has 2 saturated heterocycles. The SMILES string of the molecule is O=C(O)C1CC2CCC1N2C(=O)NCCC1CC1. The maximum Gasteiger partial charge on any atom is 0.317 e. The van der Waals surface area contributed by atoms with Crippen molar-refractivity contribution < 1.29 is 14.7 Å². The van der Waals surface area contributed by atoms with Crippen LogP contribution in [0.25, 0.3) is 0 Å². The van der Waals surface area contributed by atoms with Crippen LogP contribution in [0.3, 0.4) is 0 Å². The van der Waals surface area contributed by atoms with E-state index in [0.29, 0.717) is 6.42 Å². The maximum absolute atomic E-state index is 12.1. The maximum atomic E-state index is 12.1. The Labute approximate surface area is 107 Å². The minimum absolute atomic E-state index is 0.0492. The summed E-state index contributed by atoms with van der Waals surface area (Å²) < 4.78 is 0. The van der Waals surface area contributed by atoms with Crippen molar-refractivity contribution in [3.05, 3.63) is 0 Å². The zero-order valence-electron chi connectivity index (χ0n) is 10.5. The quantitative estimate of drug-likeness (QED) is 0.795. The number of urea groups is 1. The summed E-state index contributed by atoms with van der Waals surface area (Å²) in [5.74, 6) is -0.289. The van der Waals surface area contributed by atoms with Crippen molar-refractivity contribution in [2.24, 2.45) is 11.8 Å². The molecule has 18 heavy (non-hydrogen) atoms. The van der Waals surface area contributed by atoms with Crippen LogP contribution in [0.4, 0.5) is 4.79 Å². The van der Waals surface area contributed by atoms with Crippen molar-refractivity contribution in [3.63, 3.8) is 0 Å². The van der Waals surface area contributed by atoms with Gasteiger partial charge >= 0.3 is 12.0 Å². The molecule has 3 fully saturated rings. The first-order chi connectivity index (χ1) is 8.66. The average Bonchev–Trinajstić information content (AvgIpc) is 2.98. The highest BCUT2D eigenvalue weighted by Crippen LogP contribution is 2.41. The number of aliphatic carboxylic acids is 1. The van der Waals surface area contributed by atoms with Gasteiger partial charge in [0.05, 0.1) is 5.92 Å². The fraction of sp³-hybridized carbons (Fsp3) is 0.846. The van der Waals surface area contributed by atoms with E-state index in [2.05, 4.69) is 5.32 Å². The number of fused-ring (bicyclic) bond motifs is 2. The van der Waals surface area contributed by atoms with Crippen LogP contribution in [-0.4, -0.2) is 40.6 Å². The Hall–Kier alpha value is -1.26. The lowest BCUT2D eigenvalue weighted by atomic mass is 9.89. The summed E-state index contributed by atoms with van der Waals surface area (Å²) >= 11 is 0. The summed E-state index contributed by atoms with van der Waals surface area (Å²) in [5, 5.41) is 12.1. The number of carbonyl (C=O) groups is 2. The molecule has 100 valence electrons. The van der Waals surface area contributed by atoms with Crippen molar-refractivity contribution in [3.8, 4) is 0 Å². The van der Waals surface area contributed by atoms with Crippen LogP contribution in [-0.2, 0) is 4.79 Å². The van der Waals surface area contributed by atoms with Gasteiger partial charge in [0.1, 0.15) is 0 Å². The van der Waals surface area contributed by atoms with Gasteiger partial charge in [-0.25, -0.2) is 4.79 Å². The van der Waals surface area contributed by atoms with E-state index in [1.54, 1.807) is 4.90 Å². The molecule has 1 saturated carbocycles.